The summed E-state index contributed by atoms with van der Waals surface area (Å²) >= 11 is 0. The first-order chi connectivity index (χ1) is 12.1. The van der Waals surface area contributed by atoms with Crippen LogP contribution in [0.25, 0.3) is 10.8 Å². The molecule has 1 atom stereocenters. The monoisotopic (exact) mass is 333 g/mol. The average molecular weight is 333 g/mol. The van der Waals surface area contributed by atoms with Crippen LogP contribution in [0.15, 0.2) is 72.8 Å². The fourth-order valence-electron chi connectivity index (χ4n) is 2.83. The Morgan fingerprint density at radius 2 is 1.56 bits per heavy atom. The molecule has 3 amide bonds. The molecule has 4 N–H and O–H groups in total. The summed E-state index contributed by atoms with van der Waals surface area (Å²) in [4.78, 5) is 23.8. The number of urea groups is 1. The molecule has 0 saturated heterocycles. The van der Waals surface area contributed by atoms with Gasteiger partial charge in [0.2, 0.25) is 5.91 Å². The molecule has 25 heavy (non-hydrogen) atoms. The molecule has 0 fully saturated rings. The maximum absolute atomic E-state index is 12.5. The molecule has 0 radical (unpaired) electrons. The summed E-state index contributed by atoms with van der Waals surface area (Å²) in [6.45, 7) is 0. The first-order valence-electron chi connectivity index (χ1n) is 8.02. The van der Waals surface area contributed by atoms with E-state index in [0.29, 0.717) is 0 Å². The number of carbonyl (C=O) groups is 2. The van der Waals surface area contributed by atoms with Crippen LogP contribution in [0.1, 0.15) is 18.0 Å². The van der Waals surface area contributed by atoms with Crippen LogP contribution in [0.3, 0.4) is 0 Å². The van der Waals surface area contributed by atoms with Gasteiger partial charge in [0.25, 0.3) is 0 Å². The van der Waals surface area contributed by atoms with Crippen LogP contribution in [0.2, 0.25) is 0 Å². The molecule has 0 aromatic heterocycles. The minimum Gasteiger partial charge on any atom is -0.352 e. The van der Waals surface area contributed by atoms with Crippen LogP contribution < -0.4 is 16.4 Å². The fraction of sp³-hybridized carbons (Fsp3) is 0.100. The summed E-state index contributed by atoms with van der Waals surface area (Å²) < 4.78 is 0. The summed E-state index contributed by atoms with van der Waals surface area (Å²) in [5.74, 6) is -0.195. The average Bonchev–Trinajstić information content (AvgIpc) is 2.62. The molecule has 0 unspecified atom stereocenters. The summed E-state index contributed by atoms with van der Waals surface area (Å²) in [5.41, 5.74) is 6.82. The van der Waals surface area contributed by atoms with Crippen molar-refractivity contribution in [3.63, 3.8) is 0 Å². The van der Waals surface area contributed by atoms with Crippen molar-refractivity contribution in [2.45, 2.75) is 12.5 Å². The second-order valence-electron chi connectivity index (χ2n) is 5.75. The number of anilines is 1. The predicted molar refractivity (Wildman–Crippen MR) is 99.1 cm³/mol. The summed E-state index contributed by atoms with van der Waals surface area (Å²) in [7, 11) is 0. The quantitative estimate of drug-likeness (QED) is 0.667. The molecular formula is C20H19N3O2. The van der Waals surface area contributed by atoms with Crippen molar-refractivity contribution in [2.75, 3.05) is 5.32 Å². The molecule has 0 aliphatic heterocycles. The second-order valence-corrected chi connectivity index (χ2v) is 5.75. The number of hydrogen-bond donors (Lipinski definition) is 3. The lowest BCUT2D eigenvalue weighted by Gasteiger charge is -2.18. The van der Waals surface area contributed by atoms with E-state index >= 15 is 0 Å². The van der Waals surface area contributed by atoms with Gasteiger partial charge in [0, 0.05) is 11.1 Å². The summed E-state index contributed by atoms with van der Waals surface area (Å²) in [6.07, 6.45) is 0.0934. The highest BCUT2D eigenvalue weighted by Gasteiger charge is 2.17. The number of rotatable bonds is 5. The van der Waals surface area contributed by atoms with Crippen molar-refractivity contribution < 1.29 is 9.59 Å². The van der Waals surface area contributed by atoms with Crippen LogP contribution in [-0.4, -0.2) is 11.9 Å². The van der Waals surface area contributed by atoms with Gasteiger partial charge >= 0.3 is 6.03 Å². The first kappa shape index (κ1) is 16.5. The van der Waals surface area contributed by atoms with Crippen LogP contribution in [-0.2, 0) is 4.79 Å². The molecule has 3 rings (SSSR count). The molecule has 5 heteroatoms. The standard InChI is InChI=1S/C20H19N3O2/c21-20(25)23-18(15-8-2-1-3-9-15)13-19(24)22-17-12-6-10-14-7-4-5-11-16(14)17/h1-12,18H,13H2,(H,22,24)(H3,21,23,25)/t18-/m0/s1. The highest BCUT2D eigenvalue weighted by atomic mass is 16.2. The van der Waals surface area contributed by atoms with Crippen LogP contribution in [0.4, 0.5) is 10.5 Å². The van der Waals surface area contributed by atoms with Crippen molar-refractivity contribution in [3.05, 3.63) is 78.4 Å². The van der Waals surface area contributed by atoms with Gasteiger partial charge in [-0.25, -0.2) is 4.79 Å². The maximum atomic E-state index is 12.5. The van der Waals surface area contributed by atoms with Crippen molar-refractivity contribution in [1.29, 1.82) is 0 Å². The molecule has 5 nitrogen and oxygen atoms in total. The second kappa shape index (κ2) is 7.49. The Bertz CT molecular complexity index is 888. The van der Waals surface area contributed by atoms with E-state index in [0.717, 1.165) is 22.0 Å². The van der Waals surface area contributed by atoms with Crippen LogP contribution in [0.5, 0.6) is 0 Å². The van der Waals surface area contributed by atoms with E-state index < -0.39 is 12.1 Å². The fourth-order valence-corrected chi connectivity index (χ4v) is 2.83. The molecule has 3 aromatic rings. The zero-order chi connectivity index (χ0) is 17.6. The Kier molecular flexibility index (Phi) is 4.95. The van der Waals surface area contributed by atoms with Crippen molar-refractivity contribution in [3.8, 4) is 0 Å². The Hall–Kier alpha value is -3.34. The molecule has 0 spiro atoms. The Morgan fingerprint density at radius 1 is 0.880 bits per heavy atom. The predicted octanol–water partition coefficient (Wildman–Crippen LogP) is 3.58. The van der Waals surface area contributed by atoms with Gasteiger partial charge in [-0.2, -0.15) is 0 Å². The molecule has 0 aliphatic rings. The third kappa shape index (κ3) is 4.14. The number of carbonyl (C=O) groups excluding carboxylic acids is 2. The highest BCUT2D eigenvalue weighted by molar-refractivity contribution is 6.02. The number of nitrogens with two attached hydrogens (primary N) is 1. The molecule has 0 heterocycles. The number of amides is 3. The van der Waals surface area contributed by atoms with E-state index in [1.165, 1.54) is 0 Å². The Labute approximate surface area is 145 Å². The van der Waals surface area contributed by atoms with Crippen molar-refractivity contribution >= 4 is 28.4 Å². The topological polar surface area (TPSA) is 84.2 Å². The smallest absolute Gasteiger partial charge is 0.312 e. The lowest BCUT2D eigenvalue weighted by molar-refractivity contribution is -0.116. The third-order valence-electron chi connectivity index (χ3n) is 3.97. The lowest BCUT2D eigenvalue weighted by atomic mass is 10.0. The molecular weight excluding hydrogens is 314 g/mol. The highest BCUT2D eigenvalue weighted by Crippen LogP contribution is 2.24. The van der Waals surface area contributed by atoms with E-state index in [1.54, 1.807) is 0 Å². The number of benzene rings is 3. The number of primary amides is 1. The zero-order valence-electron chi connectivity index (χ0n) is 13.6. The van der Waals surface area contributed by atoms with E-state index in [1.807, 2.05) is 72.8 Å². The van der Waals surface area contributed by atoms with Gasteiger partial charge < -0.3 is 16.4 Å². The largest absolute Gasteiger partial charge is 0.352 e. The summed E-state index contributed by atoms with van der Waals surface area (Å²) in [5, 5.41) is 7.58. The van der Waals surface area contributed by atoms with Crippen LogP contribution >= 0.6 is 0 Å². The van der Waals surface area contributed by atoms with E-state index in [9.17, 15) is 9.59 Å². The molecule has 126 valence electrons. The number of nitrogens with one attached hydrogen (secondary N) is 2. The van der Waals surface area contributed by atoms with E-state index in [-0.39, 0.29) is 12.3 Å². The number of hydrogen-bond acceptors (Lipinski definition) is 2. The molecule has 3 aromatic carbocycles. The van der Waals surface area contributed by atoms with Crippen molar-refractivity contribution in [1.82, 2.24) is 5.32 Å². The van der Waals surface area contributed by atoms with Crippen molar-refractivity contribution in [2.24, 2.45) is 5.73 Å². The van der Waals surface area contributed by atoms with Gasteiger partial charge in [-0.15, -0.1) is 0 Å². The Morgan fingerprint density at radius 3 is 2.32 bits per heavy atom. The van der Waals surface area contributed by atoms with E-state index in [4.69, 9.17) is 5.73 Å². The Balaban J connectivity index is 1.78. The van der Waals surface area contributed by atoms with Gasteiger partial charge in [0.1, 0.15) is 0 Å². The third-order valence-corrected chi connectivity index (χ3v) is 3.97. The van der Waals surface area contributed by atoms with Gasteiger partial charge in [0.15, 0.2) is 0 Å². The molecule has 0 aliphatic carbocycles. The first-order valence-corrected chi connectivity index (χ1v) is 8.02. The lowest BCUT2D eigenvalue weighted by Crippen LogP contribution is -2.35. The minimum atomic E-state index is -0.660. The summed E-state index contributed by atoms with van der Waals surface area (Å²) in [6, 6.07) is 21.7. The van der Waals surface area contributed by atoms with E-state index in [2.05, 4.69) is 10.6 Å². The molecule has 0 saturated carbocycles. The van der Waals surface area contributed by atoms with Gasteiger partial charge in [0.05, 0.1) is 12.5 Å². The maximum Gasteiger partial charge on any atom is 0.312 e. The van der Waals surface area contributed by atoms with Crippen LogP contribution in [0, 0.1) is 0 Å². The minimum absolute atomic E-state index is 0.0934. The van der Waals surface area contributed by atoms with Gasteiger partial charge in [-0.05, 0) is 17.0 Å². The zero-order valence-corrected chi connectivity index (χ0v) is 13.6. The SMILES string of the molecule is NC(=O)N[C@@H](CC(=O)Nc1cccc2ccccc12)c1ccccc1. The normalized spacial score (nSPS) is 11.7. The van der Waals surface area contributed by atoms with Gasteiger partial charge in [-0.3, -0.25) is 4.79 Å². The number of fused-ring (bicyclic) bond motifs is 1. The van der Waals surface area contributed by atoms with Gasteiger partial charge in [-0.1, -0.05) is 66.7 Å². The molecule has 0 bridgehead atoms.